The second-order valence-electron chi connectivity index (χ2n) is 8.02. The van der Waals surface area contributed by atoms with Gasteiger partial charge in [0.1, 0.15) is 0 Å². The summed E-state index contributed by atoms with van der Waals surface area (Å²) in [6.07, 6.45) is -0.986. The fourth-order valence-electron chi connectivity index (χ4n) is 3.71. The minimum atomic E-state index is -0.986. The van der Waals surface area contributed by atoms with Crippen LogP contribution >= 0.6 is 11.3 Å². The predicted octanol–water partition coefficient (Wildman–Crippen LogP) is 5.30. The number of pyridine rings is 1. The number of fused-ring (bicyclic) bond motifs is 1. The van der Waals surface area contributed by atoms with Crippen LogP contribution in [0.4, 0.5) is 0 Å². The summed E-state index contributed by atoms with van der Waals surface area (Å²) in [5.74, 6) is -1.01. The Morgan fingerprint density at radius 1 is 1.09 bits per heavy atom. The molecule has 2 atom stereocenters. The van der Waals surface area contributed by atoms with Crippen molar-refractivity contribution in [2.45, 2.75) is 46.8 Å². The van der Waals surface area contributed by atoms with E-state index in [1.165, 1.54) is 0 Å². The van der Waals surface area contributed by atoms with Crippen LogP contribution in [0.2, 0.25) is 0 Å². The SMILES string of the molecule is Cc1cc(-c2cc(C(=O)OC(C)C(=O)NC(C)c3ccccc3)c3c(C)noc3n2)c(C)s1. The lowest BCUT2D eigenvalue weighted by Gasteiger charge is -2.18. The van der Waals surface area contributed by atoms with Crippen LogP contribution in [-0.2, 0) is 9.53 Å². The Labute approximate surface area is 195 Å². The summed E-state index contributed by atoms with van der Waals surface area (Å²) < 4.78 is 10.9. The molecule has 0 saturated carbocycles. The van der Waals surface area contributed by atoms with E-state index in [-0.39, 0.29) is 23.2 Å². The zero-order valence-corrected chi connectivity index (χ0v) is 19.9. The highest BCUT2D eigenvalue weighted by Gasteiger charge is 2.25. The Kier molecular flexibility index (Phi) is 6.29. The molecule has 3 aromatic heterocycles. The number of carbonyl (C=O) groups excluding carboxylic acids is 2. The number of nitrogens with one attached hydrogen (secondary N) is 1. The van der Waals surface area contributed by atoms with Crippen molar-refractivity contribution in [3.05, 3.63) is 69.0 Å². The van der Waals surface area contributed by atoms with Crippen LogP contribution in [-0.4, -0.2) is 28.1 Å². The maximum absolute atomic E-state index is 13.2. The highest BCUT2D eigenvalue weighted by molar-refractivity contribution is 7.12. The minimum absolute atomic E-state index is 0.218. The third-order valence-electron chi connectivity index (χ3n) is 5.47. The molecule has 4 rings (SSSR count). The molecule has 0 spiro atoms. The highest BCUT2D eigenvalue weighted by atomic mass is 32.1. The summed E-state index contributed by atoms with van der Waals surface area (Å²) in [6.45, 7) is 9.19. The van der Waals surface area contributed by atoms with Crippen molar-refractivity contribution in [2.75, 3.05) is 0 Å². The molecule has 1 N–H and O–H groups in total. The first-order valence-corrected chi connectivity index (χ1v) is 11.5. The Morgan fingerprint density at radius 2 is 1.82 bits per heavy atom. The lowest BCUT2D eigenvalue weighted by Crippen LogP contribution is -2.37. The van der Waals surface area contributed by atoms with Crippen LogP contribution < -0.4 is 5.32 Å². The largest absolute Gasteiger partial charge is 0.449 e. The maximum atomic E-state index is 13.2. The molecule has 2 unspecified atom stereocenters. The van der Waals surface area contributed by atoms with Gasteiger partial charge >= 0.3 is 5.97 Å². The Bertz CT molecular complexity index is 1330. The second kappa shape index (κ2) is 9.15. The normalized spacial score (nSPS) is 13.0. The van der Waals surface area contributed by atoms with E-state index in [1.54, 1.807) is 31.3 Å². The number of carbonyl (C=O) groups is 2. The Hall–Kier alpha value is -3.52. The fourth-order valence-corrected chi connectivity index (χ4v) is 4.65. The van der Waals surface area contributed by atoms with Crippen LogP contribution in [0.25, 0.3) is 22.4 Å². The van der Waals surface area contributed by atoms with Crippen molar-refractivity contribution in [3.8, 4) is 11.3 Å². The Balaban J connectivity index is 1.59. The standard InChI is InChI=1S/C25H25N3O4S/c1-13-11-19(17(5)33-13)21-12-20(22-15(3)28-32-24(22)27-21)25(30)31-16(4)23(29)26-14(2)18-9-7-6-8-10-18/h6-12,14,16H,1-5H3,(H,26,29). The fraction of sp³-hybridized carbons (Fsp3) is 0.280. The van der Waals surface area contributed by atoms with Gasteiger partial charge in [-0.1, -0.05) is 35.5 Å². The van der Waals surface area contributed by atoms with E-state index in [4.69, 9.17) is 9.26 Å². The van der Waals surface area contributed by atoms with Crippen molar-refractivity contribution >= 4 is 34.3 Å². The number of nitrogens with zero attached hydrogens (tertiary/aromatic N) is 2. The number of esters is 1. The molecule has 0 aliphatic carbocycles. The molecule has 0 bridgehead atoms. The molecule has 1 aromatic carbocycles. The molecule has 1 amide bonds. The van der Waals surface area contributed by atoms with Gasteiger partial charge in [-0.3, -0.25) is 4.79 Å². The van der Waals surface area contributed by atoms with Crippen molar-refractivity contribution in [3.63, 3.8) is 0 Å². The van der Waals surface area contributed by atoms with Gasteiger partial charge < -0.3 is 14.6 Å². The van der Waals surface area contributed by atoms with E-state index < -0.39 is 12.1 Å². The van der Waals surface area contributed by atoms with Gasteiger partial charge in [0, 0.05) is 15.3 Å². The van der Waals surface area contributed by atoms with Gasteiger partial charge in [0.2, 0.25) is 0 Å². The summed E-state index contributed by atoms with van der Waals surface area (Å²) in [6, 6.07) is 13.1. The molecular formula is C25H25N3O4S. The third-order valence-corrected chi connectivity index (χ3v) is 6.43. The molecule has 0 saturated heterocycles. The number of amides is 1. The van der Waals surface area contributed by atoms with Crippen LogP contribution in [0.3, 0.4) is 0 Å². The predicted molar refractivity (Wildman–Crippen MR) is 127 cm³/mol. The first kappa shape index (κ1) is 22.7. The van der Waals surface area contributed by atoms with Gasteiger partial charge in [0.15, 0.2) is 6.10 Å². The van der Waals surface area contributed by atoms with E-state index >= 15 is 0 Å². The summed E-state index contributed by atoms with van der Waals surface area (Å²) in [5, 5.41) is 7.34. The van der Waals surface area contributed by atoms with Crippen molar-refractivity contribution in [1.29, 1.82) is 0 Å². The van der Waals surface area contributed by atoms with Gasteiger partial charge in [0.25, 0.3) is 11.6 Å². The summed E-state index contributed by atoms with van der Waals surface area (Å²) in [7, 11) is 0. The van der Waals surface area contributed by atoms with E-state index in [0.717, 1.165) is 20.9 Å². The molecule has 4 aromatic rings. The van der Waals surface area contributed by atoms with Gasteiger partial charge in [0.05, 0.1) is 28.4 Å². The van der Waals surface area contributed by atoms with E-state index in [2.05, 4.69) is 15.5 Å². The van der Waals surface area contributed by atoms with E-state index in [9.17, 15) is 9.59 Å². The molecule has 0 aliphatic rings. The molecule has 0 fully saturated rings. The third kappa shape index (κ3) is 4.66. The average Bonchev–Trinajstić information content (AvgIpc) is 3.34. The first-order chi connectivity index (χ1) is 15.7. The average molecular weight is 464 g/mol. The summed E-state index contributed by atoms with van der Waals surface area (Å²) >= 11 is 1.65. The smallest absolute Gasteiger partial charge is 0.339 e. The van der Waals surface area contributed by atoms with Gasteiger partial charge in [-0.2, -0.15) is 0 Å². The topological polar surface area (TPSA) is 94.3 Å². The van der Waals surface area contributed by atoms with Crippen LogP contribution in [0, 0.1) is 20.8 Å². The second-order valence-corrected chi connectivity index (χ2v) is 9.48. The van der Waals surface area contributed by atoms with Crippen molar-refractivity contribution in [2.24, 2.45) is 0 Å². The number of hydrogen-bond acceptors (Lipinski definition) is 7. The van der Waals surface area contributed by atoms with Crippen LogP contribution in [0.5, 0.6) is 0 Å². The Morgan fingerprint density at radius 3 is 2.48 bits per heavy atom. The molecule has 170 valence electrons. The van der Waals surface area contributed by atoms with E-state index in [0.29, 0.717) is 16.8 Å². The number of aromatic nitrogens is 2. The first-order valence-electron chi connectivity index (χ1n) is 10.6. The number of thiophene rings is 1. The summed E-state index contributed by atoms with van der Waals surface area (Å²) in [5.41, 5.74) is 3.55. The molecule has 8 heteroatoms. The number of ether oxygens (including phenoxy) is 1. The lowest BCUT2D eigenvalue weighted by molar-refractivity contribution is -0.129. The van der Waals surface area contributed by atoms with Crippen molar-refractivity contribution in [1.82, 2.24) is 15.5 Å². The van der Waals surface area contributed by atoms with Crippen LogP contribution in [0.1, 0.15) is 51.3 Å². The molecular weight excluding hydrogens is 438 g/mol. The number of aryl methyl sites for hydroxylation is 3. The molecule has 7 nitrogen and oxygen atoms in total. The molecule has 3 heterocycles. The molecule has 0 radical (unpaired) electrons. The van der Waals surface area contributed by atoms with E-state index in [1.807, 2.05) is 57.2 Å². The lowest BCUT2D eigenvalue weighted by atomic mass is 10.1. The zero-order chi connectivity index (χ0) is 23.7. The molecule has 33 heavy (non-hydrogen) atoms. The summed E-state index contributed by atoms with van der Waals surface area (Å²) in [4.78, 5) is 32.6. The highest BCUT2D eigenvalue weighted by Crippen LogP contribution is 2.33. The number of rotatable bonds is 6. The minimum Gasteiger partial charge on any atom is -0.449 e. The van der Waals surface area contributed by atoms with Crippen molar-refractivity contribution < 1.29 is 18.8 Å². The number of hydrogen-bond donors (Lipinski definition) is 1. The number of benzene rings is 1. The van der Waals surface area contributed by atoms with Crippen LogP contribution in [0.15, 0.2) is 47.0 Å². The monoisotopic (exact) mass is 463 g/mol. The van der Waals surface area contributed by atoms with Gasteiger partial charge in [-0.15, -0.1) is 11.3 Å². The van der Waals surface area contributed by atoms with Gasteiger partial charge in [-0.25, -0.2) is 9.78 Å². The maximum Gasteiger partial charge on any atom is 0.339 e. The zero-order valence-electron chi connectivity index (χ0n) is 19.1. The quantitative estimate of drug-likeness (QED) is 0.390. The molecule has 0 aliphatic heterocycles. The van der Waals surface area contributed by atoms with Gasteiger partial charge in [-0.05, 0) is 52.3 Å².